The zero-order valence-electron chi connectivity index (χ0n) is 10.1. The summed E-state index contributed by atoms with van der Waals surface area (Å²) in [4.78, 5) is 12.4. The zero-order chi connectivity index (χ0) is 12.0. The van der Waals surface area contributed by atoms with Gasteiger partial charge in [-0.25, -0.2) is 0 Å². The summed E-state index contributed by atoms with van der Waals surface area (Å²) in [5.74, 6) is 0.216. The Kier molecular flexibility index (Phi) is 5.39. The lowest BCUT2D eigenvalue weighted by molar-refractivity contribution is -0.137. The molecular formula is C13H18O2S. The second-order valence-corrected chi connectivity index (χ2v) is 4.66. The van der Waals surface area contributed by atoms with E-state index in [0.717, 1.165) is 12.8 Å². The molecule has 0 saturated carbocycles. The molecule has 0 N–H and O–H groups in total. The van der Waals surface area contributed by atoms with E-state index in [1.165, 1.54) is 23.1 Å². The van der Waals surface area contributed by atoms with E-state index in [2.05, 4.69) is 36.8 Å². The van der Waals surface area contributed by atoms with Crippen LogP contribution in [-0.4, -0.2) is 18.8 Å². The monoisotopic (exact) mass is 238 g/mol. The van der Waals surface area contributed by atoms with Crippen LogP contribution in [0.25, 0.3) is 0 Å². The average Bonchev–Trinajstić information content (AvgIpc) is 2.28. The van der Waals surface area contributed by atoms with Gasteiger partial charge in [-0.3, -0.25) is 4.79 Å². The summed E-state index contributed by atoms with van der Waals surface area (Å²) >= 11 is 1.57. The number of carbonyl (C=O) groups is 1. The number of thioether (sulfide) groups is 1. The van der Waals surface area contributed by atoms with Crippen LogP contribution in [0.5, 0.6) is 0 Å². The van der Waals surface area contributed by atoms with Gasteiger partial charge < -0.3 is 4.74 Å². The van der Waals surface area contributed by atoms with Gasteiger partial charge in [0.15, 0.2) is 0 Å². The maximum absolute atomic E-state index is 11.1. The van der Waals surface area contributed by atoms with Crippen molar-refractivity contribution < 1.29 is 9.53 Å². The van der Waals surface area contributed by atoms with Gasteiger partial charge in [-0.05, 0) is 24.5 Å². The van der Waals surface area contributed by atoms with E-state index in [0.29, 0.717) is 5.75 Å². The molecule has 0 aliphatic rings. The van der Waals surface area contributed by atoms with Crippen LogP contribution in [0.3, 0.4) is 0 Å². The van der Waals surface area contributed by atoms with Crippen LogP contribution in [0.15, 0.2) is 23.1 Å². The van der Waals surface area contributed by atoms with Gasteiger partial charge in [-0.1, -0.05) is 31.5 Å². The molecule has 1 aromatic carbocycles. The van der Waals surface area contributed by atoms with E-state index in [9.17, 15) is 4.79 Å². The van der Waals surface area contributed by atoms with Crippen molar-refractivity contribution in [3.8, 4) is 0 Å². The lowest BCUT2D eigenvalue weighted by Gasteiger charge is -2.10. The molecule has 0 amide bonds. The maximum Gasteiger partial charge on any atom is 0.315 e. The molecule has 2 nitrogen and oxygen atoms in total. The molecule has 0 fully saturated rings. The molecule has 0 aromatic heterocycles. The standard InChI is InChI=1S/C13H18O2S/c1-4-6-11-8-5-7-10(2)13(11)16-9-12(14)15-3/h5,7-8H,4,6,9H2,1-3H3. The molecule has 0 radical (unpaired) electrons. The van der Waals surface area contributed by atoms with Gasteiger partial charge in [0.2, 0.25) is 0 Å². The van der Waals surface area contributed by atoms with Gasteiger partial charge in [0.25, 0.3) is 0 Å². The van der Waals surface area contributed by atoms with E-state index in [1.807, 2.05) is 0 Å². The summed E-state index contributed by atoms with van der Waals surface area (Å²) in [5.41, 5.74) is 2.57. The van der Waals surface area contributed by atoms with E-state index >= 15 is 0 Å². The first-order chi connectivity index (χ1) is 7.69. The molecule has 0 atom stereocenters. The van der Waals surface area contributed by atoms with Crippen molar-refractivity contribution in [2.45, 2.75) is 31.6 Å². The Balaban J connectivity index is 2.79. The topological polar surface area (TPSA) is 26.3 Å². The average molecular weight is 238 g/mol. The number of hydrogen-bond donors (Lipinski definition) is 0. The molecule has 1 rings (SSSR count). The first-order valence-electron chi connectivity index (χ1n) is 5.47. The molecule has 16 heavy (non-hydrogen) atoms. The minimum Gasteiger partial charge on any atom is -0.468 e. The SMILES string of the molecule is CCCc1cccc(C)c1SCC(=O)OC. The molecule has 3 heteroatoms. The van der Waals surface area contributed by atoms with Gasteiger partial charge in [0.05, 0.1) is 12.9 Å². The number of benzene rings is 1. The normalized spacial score (nSPS) is 10.2. The Labute approximate surface area is 101 Å². The van der Waals surface area contributed by atoms with Gasteiger partial charge in [0, 0.05) is 4.90 Å². The number of esters is 1. The summed E-state index contributed by atoms with van der Waals surface area (Å²) in [7, 11) is 1.42. The summed E-state index contributed by atoms with van der Waals surface area (Å²) < 4.78 is 4.65. The zero-order valence-corrected chi connectivity index (χ0v) is 10.9. The smallest absolute Gasteiger partial charge is 0.315 e. The fourth-order valence-corrected chi connectivity index (χ4v) is 2.61. The third-order valence-electron chi connectivity index (χ3n) is 2.37. The Morgan fingerprint density at radius 3 is 2.81 bits per heavy atom. The Morgan fingerprint density at radius 2 is 2.19 bits per heavy atom. The third kappa shape index (κ3) is 3.56. The van der Waals surface area contributed by atoms with E-state index < -0.39 is 0 Å². The fraction of sp³-hybridized carbons (Fsp3) is 0.462. The lowest BCUT2D eigenvalue weighted by Crippen LogP contribution is -2.04. The molecular weight excluding hydrogens is 220 g/mol. The molecule has 0 bridgehead atoms. The van der Waals surface area contributed by atoms with E-state index in [1.54, 1.807) is 11.8 Å². The van der Waals surface area contributed by atoms with Crippen LogP contribution in [0.2, 0.25) is 0 Å². The van der Waals surface area contributed by atoms with Crippen LogP contribution < -0.4 is 0 Å². The molecule has 0 spiro atoms. The molecule has 0 aliphatic carbocycles. The Bertz CT molecular complexity index is 361. The summed E-state index contributed by atoms with van der Waals surface area (Å²) in [6, 6.07) is 6.29. The van der Waals surface area contributed by atoms with Crippen LogP contribution in [0, 0.1) is 6.92 Å². The molecule has 1 aromatic rings. The van der Waals surface area contributed by atoms with Crippen molar-refractivity contribution in [3.63, 3.8) is 0 Å². The highest BCUT2D eigenvalue weighted by atomic mass is 32.2. The Morgan fingerprint density at radius 1 is 1.44 bits per heavy atom. The minimum atomic E-state index is -0.171. The number of rotatable bonds is 5. The molecule has 0 unspecified atom stereocenters. The number of carbonyl (C=O) groups excluding carboxylic acids is 1. The molecule has 0 saturated heterocycles. The molecule has 0 heterocycles. The predicted octanol–water partition coefficient (Wildman–Crippen LogP) is 3.21. The van der Waals surface area contributed by atoms with Gasteiger partial charge in [-0.15, -0.1) is 11.8 Å². The van der Waals surface area contributed by atoms with Crippen LogP contribution in [-0.2, 0) is 16.0 Å². The Hall–Kier alpha value is -0.960. The van der Waals surface area contributed by atoms with Crippen molar-refractivity contribution >= 4 is 17.7 Å². The summed E-state index contributed by atoms with van der Waals surface area (Å²) in [6.45, 7) is 4.25. The second kappa shape index (κ2) is 6.59. The van der Waals surface area contributed by atoms with Crippen LogP contribution in [0.1, 0.15) is 24.5 Å². The van der Waals surface area contributed by atoms with Gasteiger partial charge >= 0.3 is 5.97 Å². The summed E-state index contributed by atoms with van der Waals surface area (Å²) in [6.07, 6.45) is 2.18. The first-order valence-corrected chi connectivity index (χ1v) is 6.45. The van der Waals surface area contributed by atoms with Gasteiger partial charge in [-0.2, -0.15) is 0 Å². The van der Waals surface area contributed by atoms with Crippen LogP contribution in [0.4, 0.5) is 0 Å². The predicted molar refractivity (Wildman–Crippen MR) is 67.9 cm³/mol. The highest BCUT2D eigenvalue weighted by Gasteiger charge is 2.08. The maximum atomic E-state index is 11.1. The lowest BCUT2D eigenvalue weighted by atomic mass is 10.1. The third-order valence-corrected chi connectivity index (χ3v) is 3.63. The minimum absolute atomic E-state index is 0.171. The van der Waals surface area contributed by atoms with Crippen molar-refractivity contribution in [2.75, 3.05) is 12.9 Å². The van der Waals surface area contributed by atoms with E-state index in [4.69, 9.17) is 0 Å². The quantitative estimate of drug-likeness (QED) is 0.582. The van der Waals surface area contributed by atoms with Crippen molar-refractivity contribution in [1.29, 1.82) is 0 Å². The van der Waals surface area contributed by atoms with Crippen molar-refractivity contribution in [3.05, 3.63) is 29.3 Å². The highest BCUT2D eigenvalue weighted by Crippen LogP contribution is 2.27. The fourth-order valence-electron chi connectivity index (χ4n) is 1.58. The first kappa shape index (κ1) is 13.1. The van der Waals surface area contributed by atoms with Crippen molar-refractivity contribution in [1.82, 2.24) is 0 Å². The number of ether oxygens (including phenoxy) is 1. The summed E-state index contributed by atoms with van der Waals surface area (Å²) in [5, 5.41) is 0. The molecule has 88 valence electrons. The van der Waals surface area contributed by atoms with E-state index in [-0.39, 0.29) is 5.97 Å². The van der Waals surface area contributed by atoms with Gasteiger partial charge in [0.1, 0.15) is 0 Å². The number of hydrogen-bond acceptors (Lipinski definition) is 3. The largest absolute Gasteiger partial charge is 0.468 e. The highest BCUT2D eigenvalue weighted by molar-refractivity contribution is 8.00. The second-order valence-electron chi connectivity index (χ2n) is 3.68. The number of methoxy groups -OCH3 is 1. The van der Waals surface area contributed by atoms with Crippen LogP contribution >= 0.6 is 11.8 Å². The number of aryl methyl sites for hydroxylation is 2. The molecule has 0 aliphatic heterocycles. The van der Waals surface area contributed by atoms with Crippen molar-refractivity contribution in [2.24, 2.45) is 0 Å².